The predicted octanol–water partition coefficient (Wildman–Crippen LogP) is 14.3. The molecule has 2 heterocycles. The van der Waals surface area contributed by atoms with Crippen LogP contribution in [0.25, 0.3) is 46.0 Å². The molecule has 3 aliphatic rings. The second-order valence-corrected chi connectivity index (χ2v) is 14.8. The Kier molecular flexibility index (Phi) is 15.8. The van der Waals surface area contributed by atoms with Crippen LogP contribution >= 0.6 is 0 Å². The zero-order valence-electron chi connectivity index (χ0n) is 36.7. The highest BCUT2D eigenvalue weighted by Gasteiger charge is 2.35. The number of fused-ring (bicyclic) bond motifs is 5. The molecule has 0 fully saturated rings. The zero-order valence-corrected chi connectivity index (χ0v) is 36.7. The maximum absolute atomic E-state index is 6.52. The fourth-order valence-corrected chi connectivity index (χ4v) is 8.45. The molecular weight excluding hydrogens is 715 g/mol. The Labute approximate surface area is 354 Å². The minimum atomic E-state index is -0.0897. The van der Waals surface area contributed by atoms with E-state index in [1.54, 1.807) is 6.08 Å². The molecule has 0 bridgehead atoms. The summed E-state index contributed by atoms with van der Waals surface area (Å²) in [5.41, 5.74) is 14.9. The fraction of sp³-hybridized carbons (Fsp3) is 0.263. The molecular formula is C57H63NO. The van der Waals surface area contributed by atoms with Gasteiger partial charge in [0.05, 0.1) is 11.2 Å². The van der Waals surface area contributed by atoms with Crippen LogP contribution in [0.5, 0.6) is 0 Å². The molecule has 0 spiro atoms. The van der Waals surface area contributed by atoms with Crippen molar-refractivity contribution in [1.29, 1.82) is 0 Å². The summed E-state index contributed by atoms with van der Waals surface area (Å²) in [4.78, 5) is 0. The SMILES string of the molecule is C#CC/C=C(\C=C/C\C=C/C1=C(\C=C\C=C/C=C\C=C)C(C)(C)c2ccccc21)c1ccc2c(c1)c1c(n2C2=c3oc(C)c(/C=C\C)c3=CCC2)C=CCC1.CC.CC. The van der Waals surface area contributed by atoms with Gasteiger partial charge in [-0.3, -0.25) is 0 Å². The second-order valence-electron chi connectivity index (χ2n) is 14.8. The molecule has 7 rings (SSSR count). The van der Waals surface area contributed by atoms with Crippen molar-refractivity contribution in [3.63, 3.8) is 0 Å². The summed E-state index contributed by atoms with van der Waals surface area (Å²) >= 11 is 0. The Bertz CT molecular complexity index is 2600. The average molecular weight is 778 g/mol. The summed E-state index contributed by atoms with van der Waals surface area (Å²) in [5.74, 6) is 3.80. The Morgan fingerprint density at radius 2 is 1.71 bits per heavy atom. The van der Waals surface area contributed by atoms with Crippen LogP contribution in [0.4, 0.5) is 0 Å². The minimum absolute atomic E-state index is 0.0897. The van der Waals surface area contributed by atoms with Crippen LogP contribution in [0, 0.1) is 19.3 Å². The molecule has 0 atom stereocenters. The van der Waals surface area contributed by atoms with Gasteiger partial charge in [0.2, 0.25) is 0 Å². The van der Waals surface area contributed by atoms with Crippen molar-refractivity contribution >= 4 is 46.0 Å². The van der Waals surface area contributed by atoms with Gasteiger partial charge >= 0.3 is 0 Å². The standard InChI is InChI=1S/C53H51NO.2C2H6/c1-7-10-12-13-14-18-31-47-42(43-28-19-21-32-48(43)53(47,5)6)27-17-15-16-26-39(25-11-8-2)40-35-36-50-46(37-40)44-29-20-22-33-49(44)54(50)51-34-23-30-45-41(24-9-3)38(4)55-52(45)51;2*1-2/h2,7,9-10,12-14,16-19,21-22,24-28,30-33,35-37H,1,11,15,20,23,29,34H2,3-6H3;2*1-2H3/b12-10-,14-13-,24-9-,26-16-,27-17-,31-18+,39-25+;;. The van der Waals surface area contributed by atoms with Crippen LogP contribution in [-0.4, -0.2) is 4.57 Å². The Hall–Kier alpha value is -6.04. The predicted molar refractivity (Wildman–Crippen MR) is 260 cm³/mol. The third-order valence-corrected chi connectivity index (χ3v) is 11.0. The topological polar surface area (TPSA) is 18.1 Å². The van der Waals surface area contributed by atoms with Gasteiger partial charge in [0, 0.05) is 33.7 Å². The molecule has 0 radical (unpaired) electrons. The van der Waals surface area contributed by atoms with Gasteiger partial charge in [0.1, 0.15) is 5.76 Å². The van der Waals surface area contributed by atoms with Crippen LogP contribution in [0.2, 0.25) is 0 Å². The van der Waals surface area contributed by atoms with Crippen LogP contribution < -0.4 is 10.6 Å². The van der Waals surface area contributed by atoms with E-state index in [4.69, 9.17) is 10.8 Å². The first-order chi connectivity index (χ1) is 28.9. The number of hydrogen-bond donors (Lipinski definition) is 0. The van der Waals surface area contributed by atoms with E-state index >= 15 is 0 Å². The lowest BCUT2D eigenvalue weighted by atomic mass is 9.81. The molecule has 2 aromatic heterocycles. The van der Waals surface area contributed by atoms with E-state index in [1.807, 2.05) is 45.9 Å². The van der Waals surface area contributed by atoms with Gasteiger partial charge in [-0.15, -0.1) is 12.3 Å². The van der Waals surface area contributed by atoms with E-state index in [9.17, 15) is 0 Å². The van der Waals surface area contributed by atoms with E-state index in [1.165, 1.54) is 66.5 Å². The van der Waals surface area contributed by atoms with Gasteiger partial charge in [-0.05, 0) is 103 Å². The molecule has 4 aromatic rings. The lowest BCUT2D eigenvalue weighted by molar-refractivity contribution is 0.492. The molecule has 3 aliphatic carbocycles. The van der Waals surface area contributed by atoms with Gasteiger partial charge in [-0.25, -0.2) is 0 Å². The van der Waals surface area contributed by atoms with Crippen LogP contribution in [0.3, 0.4) is 0 Å². The van der Waals surface area contributed by atoms with Gasteiger partial charge in [0.25, 0.3) is 0 Å². The molecule has 0 saturated heterocycles. The van der Waals surface area contributed by atoms with Gasteiger partial charge < -0.3 is 8.98 Å². The molecule has 0 N–H and O–H groups in total. The van der Waals surface area contributed by atoms with Crippen LogP contribution in [0.15, 0.2) is 144 Å². The smallest absolute Gasteiger partial charge is 0.154 e. The van der Waals surface area contributed by atoms with Gasteiger partial charge in [-0.1, -0.05) is 176 Å². The van der Waals surface area contributed by atoms with Crippen molar-refractivity contribution < 1.29 is 4.42 Å². The number of nitrogens with zero attached hydrogens (tertiary/aromatic N) is 1. The first-order valence-electron chi connectivity index (χ1n) is 21.6. The highest BCUT2D eigenvalue weighted by atomic mass is 16.3. The summed E-state index contributed by atoms with van der Waals surface area (Å²) in [6.07, 6.45) is 47.8. The first-order valence-corrected chi connectivity index (χ1v) is 21.6. The number of aromatic nitrogens is 1. The number of hydrogen-bond acceptors (Lipinski definition) is 1. The van der Waals surface area contributed by atoms with Crippen molar-refractivity contribution in [3.05, 3.63) is 190 Å². The van der Waals surface area contributed by atoms with Crippen molar-refractivity contribution in [2.24, 2.45) is 0 Å². The molecule has 2 heteroatoms. The number of allylic oxidation sites excluding steroid dienone is 17. The molecule has 2 aromatic carbocycles. The highest BCUT2D eigenvalue weighted by Crippen LogP contribution is 2.47. The van der Waals surface area contributed by atoms with E-state index in [0.717, 1.165) is 48.9 Å². The summed E-state index contributed by atoms with van der Waals surface area (Å²) in [6.45, 7) is 20.5. The lowest BCUT2D eigenvalue weighted by Crippen LogP contribution is -2.30. The van der Waals surface area contributed by atoms with Crippen LogP contribution in [-0.2, 0) is 11.8 Å². The molecule has 302 valence electrons. The van der Waals surface area contributed by atoms with E-state index < -0.39 is 0 Å². The average Bonchev–Trinajstić information content (AvgIpc) is 3.85. The van der Waals surface area contributed by atoms with E-state index in [2.05, 4.69) is 166 Å². The third kappa shape index (κ3) is 9.32. The van der Waals surface area contributed by atoms with E-state index in [0.29, 0.717) is 6.42 Å². The Morgan fingerprint density at radius 3 is 2.49 bits per heavy atom. The van der Waals surface area contributed by atoms with Crippen molar-refractivity contribution in [2.75, 3.05) is 0 Å². The molecule has 2 nitrogen and oxygen atoms in total. The maximum atomic E-state index is 6.52. The monoisotopic (exact) mass is 777 g/mol. The maximum Gasteiger partial charge on any atom is 0.154 e. The number of terminal acetylenes is 1. The fourth-order valence-electron chi connectivity index (χ4n) is 8.45. The number of furan rings is 1. The Morgan fingerprint density at radius 1 is 0.932 bits per heavy atom. The first kappa shape index (κ1) is 44.1. The van der Waals surface area contributed by atoms with Gasteiger partial charge in [0.15, 0.2) is 5.42 Å². The number of rotatable bonds is 12. The highest BCUT2D eigenvalue weighted by molar-refractivity contribution is 5.95. The quantitative estimate of drug-likeness (QED) is 0.103. The van der Waals surface area contributed by atoms with Crippen molar-refractivity contribution in [2.45, 2.75) is 99.3 Å². The van der Waals surface area contributed by atoms with E-state index in [-0.39, 0.29) is 5.41 Å². The summed E-state index contributed by atoms with van der Waals surface area (Å²) in [6, 6.07) is 15.7. The lowest BCUT2D eigenvalue weighted by Gasteiger charge is -2.22. The molecule has 0 unspecified atom stereocenters. The van der Waals surface area contributed by atoms with Gasteiger partial charge in [-0.2, -0.15) is 0 Å². The third-order valence-electron chi connectivity index (χ3n) is 11.0. The normalized spacial score (nSPS) is 15.8. The molecule has 0 amide bonds. The zero-order chi connectivity index (χ0) is 42.4. The summed E-state index contributed by atoms with van der Waals surface area (Å²) in [5, 5.41) is 2.52. The minimum Gasteiger partial charge on any atom is -0.459 e. The number of benzene rings is 2. The summed E-state index contributed by atoms with van der Waals surface area (Å²) in [7, 11) is 0. The molecule has 0 saturated carbocycles. The van der Waals surface area contributed by atoms with Crippen LogP contribution in [0.1, 0.15) is 120 Å². The summed E-state index contributed by atoms with van der Waals surface area (Å²) < 4.78 is 8.99. The Balaban J connectivity index is 0.00000160. The number of aryl methyl sites for hydroxylation is 2. The molecule has 0 aliphatic heterocycles. The van der Waals surface area contributed by atoms with Crippen molar-refractivity contribution in [1.82, 2.24) is 4.57 Å². The second kappa shape index (κ2) is 21.1. The largest absolute Gasteiger partial charge is 0.459 e. The molecule has 59 heavy (non-hydrogen) atoms. The van der Waals surface area contributed by atoms with Crippen molar-refractivity contribution in [3.8, 4) is 12.3 Å².